The standard InChI is InChI=1S/C15H22FN3O2/c1-18-5-3-10(4-6-18)9-19(2)14-8-12(16)11(15(20)21)7-13(14)17/h7-8,10H,3-6,9,17H2,1-2H3,(H,20,21). The Labute approximate surface area is 124 Å². The molecule has 0 aliphatic carbocycles. The molecule has 0 bridgehead atoms. The summed E-state index contributed by atoms with van der Waals surface area (Å²) in [6.07, 6.45) is 2.22. The van der Waals surface area contributed by atoms with Crippen LogP contribution in [0.2, 0.25) is 0 Å². The maximum atomic E-state index is 13.8. The Balaban J connectivity index is 2.10. The highest BCUT2D eigenvalue weighted by Crippen LogP contribution is 2.28. The lowest BCUT2D eigenvalue weighted by Gasteiger charge is -2.32. The van der Waals surface area contributed by atoms with E-state index in [-0.39, 0.29) is 5.56 Å². The van der Waals surface area contributed by atoms with Gasteiger partial charge in [0.1, 0.15) is 5.82 Å². The summed E-state index contributed by atoms with van der Waals surface area (Å²) in [6, 6.07) is 2.41. The van der Waals surface area contributed by atoms with Crippen LogP contribution in [0, 0.1) is 11.7 Å². The molecule has 1 heterocycles. The maximum Gasteiger partial charge on any atom is 0.338 e. The number of carbonyl (C=O) groups is 1. The van der Waals surface area contributed by atoms with E-state index in [1.165, 1.54) is 12.1 Å². The number of aromatic carboxylic acids is 1. The van der Waals surface area contributed by atoms with E-state index in [4.69, 9.17) is 10.8 Å². The Hall–Kier alpha value is -1.82. The number of piperidine rings is 1. The molecule has 0 aromatic heterocycles. The first-order valence-corrected chi connectivity index (χ1v) is 7.10. The zero-order chi connectivity index (χ0) is 15.6. The van der Waals surface area contributed by atoms with Gasteiger partial charge in [-0.05, 0) is 45.0 Å². The molecule has 21 heavy (non-hydrogen) atoms. The number of hydrogen-bond donors (Lipinski definition) is 2. The molecule has 0 saturated carbocycles. The molecule has 2 rings (SSSR count). The summed E-state index contributed by atoms with van der Waals surface area (Å²) in [5.41, 5.74) is 6.34. The molecular weight excluding hydrogens is 273 g/mol. The minimum atomic E-state index is -1.30. The zero-order valence-electron chi connectivity index (χ0n) is 12.5. The second kappa shape index (κ2) is 6.30. The zero-order valence-corrected chi connectivity index (χ0v) is 12.5. The predicted octanol–water partition coefficient (Wildman–Crippen LogP) is 1.88. The topological polar surface area (TPSA) is 69.8 Å². The molecule has 1 aromatic carbocycles. The Morgan fingerprint density at radius 1 is 1.48 bits per heavy atom. The molecule has 1 fully saturated rings. The second-order valence-electron chi connectivity index (χ2n) is 5.82. The minimum Gasteiger partial charge on any atom is -0.478 e. The molecule has 116 valence electrons. The van der Waals surface area contributed by atoms with Crippen LogP contribution in [0.3, 0.4) is 0 Å². The largest absolute Gasteiger partial charge is 0.478 e. The molecule has 1 aromatic rings. The van der Waals surface area contributed by atoms with Crippen LogP contribution in [-0.2, 0) is 0 Å². The first-order valence-electron chi connectivity index (χ1n) is 7.10. The molecule has 1 aliphatic heterocycles. The van der Waals surface area contributed by atoms with E-state index in [1.54, 1.807) is 0 Å². The lowest BCUT2D eigenvalue weighted by molar-refractivity contribution is 0.0692. The number of carboxylic acids is 1. The molecular formula is C15H22FN3O2. The first kappa shape index (κ1) is 15.6. The van der Waals surface area contributed by atoms with Crippen molar-refractivity contribution in [2.45, 2.75) is 12.8 Å². The van der Waals surface area contributed by atoms with Crippen molar-refractivity contribution in [3.63, 3.8) is 0 Å². The van der Waals surface area contributed by atoms with E-state index >= 15 is 0 Å². The van der Waals surface area contributed by atoms with Gasteiger partial charge >= 0.3 is 5.97 Å². The summed E-state index contributed by atoms with van der Waals surface area (Å²) in [5, 5.41) is 8.89. The van der Waals surface area contributed by atoms with Crippen molar-refractivity contribution in [2.24, 2.45) is 5.92 Å². The van der Waals surface area contributed by atoms with Gasteiger partial charge in [-0.2, -0.15) is 0 Å². The Bertz CT molecular complexity index is 528. The normalized spacial score (nSPS) is 16.9. The van der Waals surface area contributed by atoms with Gasteiger partial charge < -0.3 is 20.6 Å². The van der Waals surface area contributed by atoms with E-state index in [1.807, 2.05) is 11.9 Å². The van der Waals surface area contributed by atoms with Gasteiger partial charge in [-0.3, -0.25) is 0 Å². The smallest absolute Gasteiger partial charge is 0.338 e. The van der Waals surface area contributed by atoms with Crippen molar-refractivity contribution in [3.05, 3.63) is 23.5 Å². The van der Waals surface area contributed by atoms with Crippen LogP contribution in [0.15, 0.2) is 12.1 Å². The quantitative estimate of drug-likeness (QED) is 0.830. The summed E-state index contributed by atoms with van der Waals surface area (Å²) in [4.78, 5) is 15.1. The summed E-state index contributed by atoms with van der Waals surface area (Å²) < 4.78 is 13.8. The van der Waals surface area contributed by atoms with Crippen LogP contribution in [0.4, 0.5) is 15.8 Å². The van der Waals surface area contributed by atoms with Gasteiger partial charge in [0.15, 0.2) is 0 Å². The summed E-state index contributed by atoms with van der Waals surface area (Å²) in [6.45, 7) is 2.94. The van der Waals surface area contributed by atoms with E-state index in [9.17, 15) is 9.18 Å². The highest BCUT2D eigenvalue weighted by molar-refractivity contribution is 5.90. The molecule has 0 radical (unpaired) electrons. The Kier molecular flexibility index (Phi) is 4.67. The molecule has 0 atom stereocenters. The number of likely N-dealkylation sites (tertiary alicyclic amines) is 1. The van der Waals surface area contributed by atoms with Crippen molar-refractivity contribution in [3.8, 4) is 0 Å². The molecule has 0 spiro atoms. The van der Waals surface area contributed by atoms with Gasteiger partial charge in [0, 0.05) is 19.7 Å². The SMILES string of the molecule is CN1CCC(CN(C)c2cc(F)c(C(=O)O)cc2N)CC1. The molecule has 3 N–H and O–H groups in total. The van der Waals surface area contributed by atoms with Gasteiger partial charge in [0.2, 0.25) is 0 Å². The van der Waals surface area contributed by atoms with Crippen molar-refractivity contribution in [2.75, 3.05) is 44.4 Å². The number of carboxylic acid groups (broad SMARTS) is 1. The van der Waals surface area contributed by atoms with Gasteiger partial charge in [-0.25, -0.2) is 9.18 Å². The number of nitrogen functional groups attached to an aromatic ring is 1. The van der Waals surface area contributed by atoms with Gasteiger partial charge in [-0.1, -0.05) is 0 Å². The van der Waals surface area contributed by atoms with Crippen molar-refractivity contribution >= 4 is 17.3 Å². The Morgan fingerprint density at radius 2 is 2.10 bits per heavy atom. The van der Waals surface area contributed by atoms with Gasteiger partial charge in [0.05, 0.1) is 16.9 Å². The summed E-state index contributed by atoms with van der Waals surface area (Å²) in [7, 11) is 3.97. The molecule has 0 amide bonds. The third-order valence-corrected chi connectivity index (χ3v) is 4.13. The highest BCUT2D eigenvalue weighted by Gasteiger charge is 2.21. The number of anilines is 2. The summed E-state index contributed by atoms with van der Waals surface area (Å²) in [5.74, 6) is -1.50. The number of nitrogens with two attached hydrogens (primary N) is 1. The molecule has 6 heteroatoms. The van der Waals surface area contributed by atoms with E-state index in [2.05, 4.69) is 11.9 Å². The van der Waals surface area contributed by atoms with Crippen LogP contribution in [0.25, 0.3) is 0 Å². The van der Waals surface area contributed by atoms with E-state index in [0.29, 0.717) is 17.3 Å². The molecule has 0 unspecified atom stereocenters. The Morgan fingerprint density at radius 3 is 2.67 bits per heavy atom. The minimum absolute atomic E-state index is 0.296. The molecule has 1 aliphatic rings. The number of benzene rings is 1. The van der Waals surface area contributed by atoms with Gasteiger partial charge in [0.25, 0.3) is 0 Å². The fraction of sp³-hybridized carbons (Fsp3) is 0.533. The first-order chi connectivity index (χ1) is 9.88. The number of hydrogen-bond acceptors (Lipinski definition) is 4. The lowest BCUT2D eigenvalue weighted by atomic mass is 9.96. The van der Waals surface area contributed by atoms with Crippen LogP contribution in [0.5, 0.6) is 0 Å². The third kappa shape index (κ3) is 3.64. The third-order valence-electron chi connectivity index (χ3n) is 4.13. The number of rotatable bonds is 4. The second-order valence-corrected chi connectivity index (χ2v) is 5.82. The fourth-order valence-electron chi connectivity index (χ4n) is 2.80. The molecule has 5 nitrogen and oxygen atoms in total. The van der Waals surface area contributed by atoms with E-state index in [0.717, 1.165) is 32.5 Å². The highest BCUT2D eigenvalue weighted by atomic mass is 19.1. The summed E-state index contributed by atoms with van der Waals surface area (Å²) >= 11 is 0. The van der Waals surface area contributed by atoms with Gasteiger partial charge in [-0.15, -0.1) is 0 Å². The van der Waals surface area contributed by atoms with Crippen molar-refractivity contribution < 1.29 is 14.3 Å². The fourth-order valence-corrected chi connectivity index (χ4v) is 2.80. The van der Waals surface area contributed by atoms with Crippen LogP contribution in [0.1, 0.15) is 23.2 Å². The van der Waals surface area contributed by atoms with Crippen LogP contribution >= 0.6 is 0 Å². The number of halogens is 1. The maximum absolute atomic E-state index is 13.8. The number of nitrogens with zero attached hydrogens (tertiary/aromatic N) is 2. The average Bonchev–Trinajstić information content (AvgIpc) is 2.43. The lowest BCUT2D eigenvalue weighted by Crippen LogP contribution is -2.36. The van der Waals surface area contributed by atoms with E-state index < -0.39 is 11.8 Å². The van der Waals surface area contributed by atoms with Crippen molar-refractivity contribution in [1.29, 1.82) is 0 Å². The predicted molar refractivity (Wildman–Crippen MR) is 81.3 cm³/mol. The van der Waals surface area contributed by atoms with Crippen LogP contribution < -0.4 is 10.6 Å². The average molecular weight is 295 g/mol. The van der Waals surface area contributed by atoms with Crippen molar-refractivity contribution in [1.82, 2.24) is 4.90 Å². The molecule has 1 saturated heterocycles. The van der Waals surface area contributed by atoms with Crippen LogP contribution in [-0.4, -0.2) is 49.7 Å². The monoisotopic (exact) mass is 295 g/mol.